The Hall–Kier alpha value is -0.370. The van der Waals surface area contributed by atoms with Crippen LogP contribution in [-0.2, 0) is 0 Å². The van der Waals surface area contributed by atoms with Gasteiger partial charge in [0.25, 0.3) is 0 Å². The Morgan fingerprint density at radius 2 is 1.50 bits per heavy atom. The molecular formula is C4H5NS. The van der Waals surface area contributed by atoms with Crippen molar-refractivity contribution in [2.24, 2.45) is 0 Å². The number of aromatic nitrogens is 1. The first-order valence-electron chi connectivity index (χ1n) is 1.58. The lowest BCUT2D eigenvalue weighted by Gasteiger charge is -1.49. The zero-order valence-corrected chi connectivity index (χ0v) is 4.03. The van der Waals surface area contributed by atoms with E-state index in [2.05, 4.69) is 4.98 Å². The molecule has 1 N–H and O–H groups in total. The van der Waals surface area contributed by atoms with Crippen LogP contribution in [0.2, 0.25) is 0 Å². The van der Waals surface area contributed by atoms with Gasteiger partial charge in [-0.3, -0.25) is 0 Å². The summed E-state index contributed by atoms with van der Waals surface area (Å²) in [7, 11) is 0. The quantitative estimate of drug-likeness (QED) is 0.509. The van der Waals surface area contributed by atoms with Gasteiger partial charge >= 0.3 is 0 Å². The van der Waals surface area contributed by atoms with Gasteiger partial charge in [-0.25, -0.2) is 0 Å². The Morgan fingerprint density at radius 1 is 1.00 bits per heavy atom. The van der Waals surface area contributed by atoms with Crippen molar-refractivity contribution >= 4 is 13.5 Å². The SMILES string of the molecule is [S].c1cc[nH]c1. The highest BCUT2D eigenvalue weighted by atomic mass is 32.1. The van der Waals surface area contributed by atoms with Gasteiger partial charge in [-0.1, -0.05) is 0 Å². The van der Waals surface area contributed by atoms with Crippen molar-refractivity contribution in [3.63, 3.8) is 0 Å². The van der Waals surface area contributed by atoms with Gasteiger partial charge < -0.3 is 4.98 Å². The number of hydrogen-bond acceptors (Lipinski definition) is 0. The van der Waals surface area contributed by atoms with Crippen LogP contribution in [0.25, 0.3) is 0 Å². The molecule has 32 valence electrons. The van der Waals surface area contributed by atoms with E-state index in [4.69, 9.17) is 0 Å². The van der Waals surface area contributed by atoms with E-state index in [1.807, 2.05) is 24.5 Å². The fourth-order valence-corrected chi connectivity index (χ4v) is 0.278. The van der Waals surface area contributed by atoms with Gasteiger partial charge in [-0.2, -0.15) is 0 Å². The first-order valence-corrected chi connectivity index (χ1v) is 1.58. The van der Waals surface area contributed by atoms with E-state index >= 15 is 0 Å². The Labute approximate surface area is 43.8 Å². The Kier molecular flexibility index (Phi) is 2.67. The van der Waals surface area contributed by atoms with Gasteiger partial charge in [-0.05, 0) is 12.1 Å². The van der Waals surface area contributed by atoms with E-state index in [0.29, 0.717) is 0 Å². The molecule has 0 aliphatic rings. The third-order valence-electron chi connectivity index (χ3n) is 0.496. The fourth-order valence-electron chi connectivity index (χ4n) is 0.278. The third-order valence-corrected chi connectivity index (χ3v) is 0.496. The van der Waals surface area contributed by atoms with Crippen LogP contribution < -0.4 is 0 Å². The maximum Gasteiger partial charge on any atom is 0.000496 e. The minimum Gasteiger partial charge on any atom is -0.368 e. The second kappa shape index (κ2) is 2.85. The molecule has 0 bridgehead atoms. The molecule has 2 radical (unpaired) electrons. The third kappa shape index (κ3) is 1.17. The average Bonchev–Trinajstić information content (AvgIpc) is 1.76. The fraction of sp³-hybridized carbons (Fsp3) is 0. The summed E-state index contributed by atoms with van der Waals surface area (Å²) in [5.41, 5.74) is 0. The molecule has 1 aromatic rings. The molecule has 1 aromatic heterocycles. The molecule has 1 nitrogen and oxygen atoms in total. The second-order valence-electron chi connectivity index (χ2n) is 0.885. The first-order chi connectivity index (χ1) is 2.50. The monoisotopic (exact) mass is 99.0 g/mol. The maximum atomic E-state index is 2.86. The van der Waals surface area contributed by atoms with Crippen molar-refractivity contribution < 1.29 is 0 Å². The van der Waals surface area contributed by atoms with Gasteiger partial charge in [0.1, 0.15) is 0 Å². The highest BCUT2D eigenvalue weighted by Crippen LogP contribution is 1.72. The van der Waals surface area contributed by atoms with Crippen LogP contribution in [0.4, 0.5) is 0 Å². The highest BCUT2D eigenvalue weighted by molar-refractivity contribution is 7.59. The van der Waals surface area contributed by atoms with Crippen molar-refractivity contribution in [3.05, 3.63) is 24.5 Å². The molecule has 6 heavy (non-hydrogen) atoms. The summed E-state index contributed by atoms with van der Waals surface area (Å²) in [5.74, 6) is 0. The standard InChI is InChI=1S/C4H5N.S/c1-2-4-5-3-1;/h1-5H;. The Bertz CT molecular complexity index is 64.0. The second-order valence-corrected chi connectivity index (χ2v) is 0.885. The van der Waals surface area contributed by atoms with E-state index in [1.165, 1.54) is 0 Å². The summed E-state index contributed by atoms with van der Waals surface area (Å²) in [6, 6.07) is 3.89. The van der Waals surface area contributed by atoms with Crippen LogP contribution in [0.15, 0.2) is 24.5 Å². The van der Waals surface area contributed by atoms with E-state index in [-0.39, 0.29) is 13.5 Å². The summed E-state index contributed by atoms with van der Waals surface area (Å²) >= 11 is 0. The minimum absolute atomic E-state index is 0. The van der Waals surface area contributed by atoms with Crippen molar-refractivity contribution in [2.45, 2.75) is 0 Å². The van der Waals surface area contributed by atoms with Crippen LogP contribution >= 0.6 is 13.5 Å². The Balaban J connectivity index is 0.000000250. The summed E-state index contributed by atoms with van der Waals surface area (Å²) in [6.07, 6.45) is 3.75. The van der Waals surface area contributed by atoms with E-state index < -0.39 is 0 Å². The van der Waals surface area contributed by atoms with Crippen LogP contribution in [0.1, 0.15) is 0 Å². The molecule has 0 saturated carbocycles. The van der Waals surface area contributed by atoms with Gasteiger partial charge in [0, 0.05) is 25.9 Å². The Morgan fingerprint density at radius 3 is 1.67 bits per heavy atom. The van der Waals surface area contributed by atoms with Gasteiger partial charge in [-0.15, -0.1) is 0 Å². The molecule has 0 amide bonds. The lowest BCUT2D eigenvalue weighted by Crippen LogP contribution is -1.38. The van der Waals surface area contributed by atoms with E-state index in [1.54, 1.807) is 0 Å². The number of hydrogen-bond donors (Lipinski definition) is 1. The molecule has 0 aromatic carbocycles. The number of nitrogens with one attached hydrogen (secondary N) is 1. The normalized spacial score (nSPS) is 6.67. The van der Waals surface area contributed by atoms with Crippen LogP contribution in [0.3, 0.4) is 0 Å². The van der Waals surface area contributed by atoms with Crippen LogP contribution in [-0.4, -0.2) is 4.98 Å². The zero-order chi connectivity index (χ0) is 3.54. The molecule has 0 aliphatic heterocycles. The molecule has 0 atom stereocenters. The summed E-state index contributed by atoms with van der Waals surface area (Å²) < 4.78 is 0. The predicted octanol–water partition coefficient (Wildman–Crippen LogP) is 1.66. The summed E-state index contributed by atoms with van der Waals surface area (Å²) in [5, 5.41) is 0. The largest absolute Gasteiger partial charge is 0.368 e. The topological polar surface area (TPSA) is 15.8 Å². The van der Waals surface area contributed by atoms with Gasteiger partial charge in [0.15, 0.2) is 0 Å². The van der Waals surface area contributed by atoms with Gasteiger partial charge in [0.2, 0.25) is 0 Å². The van der Waals surface area contributed by atoms with Gasteiger partial charge in [0.05, 0.1) is 0 Å². The molecule has 0 fully saturated rings. The summed E-state index contributed by atoms with van der Waals surface area (Å²) in [4.78, 5) is 2.86. The van der Waals surface area contributed by atoms with Crippen molar-refractivity contribution in [3.8, 4) is 0 Å². The number of rotatable bonds is 0. The number of aromatic amines is 1. The lowest BCUT2D eigenvalue weighted by molar-refractivity contribution is 1.42. The highest BCUT2D eigenvalue weighted by Gasteiger charge is 1.55. The maximum absolute atomic E-state index is 2.86. The van der Waals surface area contributed by atoms with Crippen molar-refractivity contribution in [1.82, 2.24) is 4.98 Å². The molecule has 0 saturated heterocycles. The predicted molar refractivity (Wildman–Crippen MR) is 28.4 cm³/mol. The van der Waals surface area contributed by atoms with E-state index in [0.717, 1.165) is 0 Å². The molecule has 1 heterocycles. The molecule has 0 unspecified atom stereocenters. The van der Waals surface area contributed by atoms with Crippen molar-refractivity contribution in [2.75, 3.05) is 0 Å². The minimum atomic E-state index is 0. The molecule has 2 heteroatoms. The molecule has 0 aliphatic carbocycles. The molecule has 0 spiro atoms. The van der Waals surface area contributed by atoms with E-state index in [9.17, 15) is 0 Å². The molecule has 1 rings (SSSR count). The van der Waals surface area contributed by atoms with Crippen LogP contribution in [0.5, 0.6) is 0 Å². The zero-order valence-electron chi connectivity index (χ0n) is 3.22. The first kappa shape index (κ1) is 5.63. The lowest BCUT2D eigenvalue weighted by atomic mass is 10.7. The van der Waals surface area contributed by atoms with Crippen molar-refractivity contribution in [1.29, 1.82) is 0 Å². The average molecular weight is 99.2 g/mol. The number of H-pyrrole nitrogens is 1. The smallest absolute Gasteiger partial charge is 0.000496 e. The molecular weight excluding hydrogens is 94.1 g/mol. The summed E-state index contributed by atoms with van der Waals surface area (Å²) in [6.45, 7) is 0. The van der Waals surface area contributed by atoms with Crippen LogP contribution in [0, 0.1) is 0 Å².